The van der Waals surface area contributed by atoms with Gasteiger partial charge in [0.2, 0.25) is 11.8 Å². The molecule has 1 aliphatic rings. The molecular weight excluding hydrogens is 278 g/mol. The second kappa shape index (κ2) is 5.55. The van der Waals surface area contributed by atoms with Crippen LogP contribution in [0.15, 0.2) is 34.7 Å². The minimum Gasteiger partial charge on any atom is -0.424 e. The van der Waals surface area contributed by atoms with Crippen molar-refractivity contribution < 1.29 is 9.21 Å². The second-order valence-corrected chi connectivity index (χ2v) is 6.80. The Morgan fingerprint density at radius 1 is 1.23 bits per heavy atom. The van der Waals surface area contributed by atoms with E-state index in [1.165, 1.54) is 0 Å². The third kappa shape index (κ3) is 2.89. The number of hydrogen-bond acceptors (Lipinski definition) is 4. The molecule has 116 valence electrons. The zero-order valence-corrected chi connectivity index (χ0v) is 13.2. The largest absolute Gasteiger partial charge is 0.424 e. The van der Waals surface area contributed by atoms with E-state index < -0.39 is 0 Å². The molecule has 2 heterocycles. The molecule has 0 saturated carbocycles. The monoisotopic (exact) mass is 299 g/mol. The Bertz CT molecular complexity index is 658. The number of nitrogens with zero attached hydrogens (tertiary/aromatic N) is 3. The lowest BCUT2D eigenvalue weighted by Gasteiger charge is -2.15. The summed E-state index contributed by atoms with van der Waals surface area (Å²) in [6.07, 6.45) is 0.865. The average Bonchev–Trinajstić information content (AvgIpc) is 3.15. The van der Waals surface area contributed by atoms with Crippen LogP contribution in [0, 0.1) is 0 Å². The molecule has 0 radical (unpaired) electrons. The van der Waals surface area contributed by atoms with Gasteiger partial charge in [-0.25, -0.2) is 0 Å². The first-order chi connectivity index (χ1) is 10.4. The molecule has 0 bridgehead atoms. The maximum atomic E-state index is 12.4. The van der Waals surface area contributed by atoms with Crippen LogP contribution in [-0.4, -0.2) is 34.1 Å². The van der Waals surface area contributed by atoms with Crippen LogP contribution in [0.5, 0.6) is 0 Å². The maximum absolute atomic E-state index is 12.4. The maximum Gasteiger partial charge on any atom is 0.253 e. The molecule has 1 unspecified atom stereocenters. The minimum atomic E-state index is -0.149. The van der Waals surface area contributed by atoms with E-state index in [9.17, 15) is 4.79 Å². The van der Waals surface area contributed by atoms with Crippen molar-refractivity contribution in [1.29, 1.82) is 0 Å². The molecule has 1 saturated heterocycles. The van der Waals surface area contributed by atoms with Crippen molar-refractivity contribution in [2.24, 2.45) is 0 Å². The first-order valence-corrected chi connectivity index (χ1v) is 7.63. The number of carbonyl (C=O) groups is 1. The van der Waals surface area contributed by atoms with Gasteiger partial charge in [0.15, 0.2) is 0 Å². The van der Waals surface area contributed by atoms with E-state index >= 15 is 0 Å². The lowest BCUT2D eigenvalue weighted by Crippen LogP contribution is -2.28. The van der Waals surface area contributed by atoms with Gasteiger partial charge < -0.3 is 9.32 Å². The first-order valence-electron chi connectivity index (χ1n) is 7.63. The molecule has 2 aromatic rings. The number of rotatable bonds is 2. The Balaban J connectivity index is 1.70. The molecule has 3 rings (SSSR count). The van der Waals surface area contributed by atoms with Crippen LogP contribution >= 0.6 is 0 Å². The normalized spacial score (nSPS) is 18.7. The Morgan fingerprint density at radius 3 is 2.59 bits per heavy atom. The quantitative estimate of drug-likeness (QED) is 0.855. The van der Waals surface area contributed by atoms with Gasteiger partial charge in [-0.1, -0.05) is 39.0 Å². The summed E-state index contributed by atoms with van der Waals surface area (Å²) in [5.74, 6) is 1.50. The number of aromatic nitrogens is 2. The van der Waals surface area contributed by atoms with Gasteiger partial charge in [-0.15, -0.1) is 10.2 Å². The predicted molar refractivity (Wildman–Crippen MR) is 82.7 cm³/mol. The molecule has 1 aliphatic heterocycles. The van der Waals surface area contributed by atoms with Gasteiger partial charge in [0.05, 0.1) is 5.92 Å². The molecule has 0 spiro atoms. The molecule has 5 heteroatoms. The van der Waals surface area contributed by atoms with E-state index in [0.29, 0.717) is 18.3 Å². The number of likely N-dealkylation sites (tertiary alicyclic amines) is 1. The highest BCUT2D eigenvalue weighted by Gasteiger charge is 2.32. The smallest absolute Gasteiger partial charge is 0.253 e. The number of carbonyl (C=O) groups excluding carboxylic acids is 1. The summed E-state index contributed by atoms with van der Waals surface area (Å²) in [5, 5.41) is 8.32. The zero-order chi connectivity index (χ0) is 15.7. The van der Waals surface area contributed by atoms with Crippen LogP contribution in [0.1, 0.15) is 55.2 Å². The number of hydrogen-bond donors (Lipinski definition) is 0. The minimum absolute atomic E-state index is 0.0682. The van der Waals surface area contributed by atoms with Gasteiger partial charge in [-0.05, 0) is 18.6 Å². The van der Waals surface area contributed by atoms with E-state index in [1.54, 1.807) is 0 Å². The topological polar surface area (TPSA) is 59.2 Å². The second-order valence-electron chi connectivity index (χ2n) is 6.80. The Labute approximate surface area is 130 Å². The SMILES string of the molecule is CC(C)(C)c1nnc(C2CCN(C(=O)c3ccccc3)C2)o1. The van der Waals surface area contributed by atoms with Crippen LogP contribution in [0.2, 0.25) is 0 Å². The van der Waals surface area contributed by atoms with Crippen LogP contribution in [0.25, 0.3) is 0 Å². The standard InChI is InChI=1S/C17H21N3O2/c1-17(2,3)16-19-18-14(22-16)13-9-10-20(11-13)15(21)12-7-5-4-6-8-12/h4-8,13H,9-11H2,1-3H3. The highest BCUT2D eigenvalue weighted by atomic mass is 16.4. The van der Waals surface area contributed by atoms with Crippen molar-refractivity contribution in [3.8, 4) is 0 Å². The van der Waals surface area contributed by atoms with Gasteiger partial charge in [0, 0.05) is 24.1 Å². The van der Waals surface area contributed by atoms with Gasteiger partial charge in [-0.2, -0.15) is 0 Å². The van der Waals surface area contributed by atoms with Crippen LogP contribution in [0.4, 0.5) is 0 Å². The van der Waals surface area contributed by atoms with Crippen LogP contribution in [-0.2, 0) is 5.41 Å². The lowest BCUT2D eigenvalue weighted by atomic mass is 9.97. The zero-order valence-electron chi connectivity index (χ0n) is 13.2. The van der Waals surface area contributed by atoms with E-state index in [2.05, 4.69) is 10.2 Å². The van der Waals surface area contributed by atoms with Crippen molar-refractivity contribution in [2.45, 2.75) is 38.5 Å². The van der Waals surface area contributed by atoms with E-state index in [-0.39, 0.29) is 17.2 Å². The summed E-state index contributed by atoms with van der Waals surface area (Å²) in [4.78, 5) is 14.3. The van der Waals surface area contributed by atoms with Crippen molar-refractivity contribution >= 4 is 5.91 Å². The summed E-state index contributed by atoms with van der Waals surface area (Å²) in [6.45, 7) is 7.50. The van der Waals surface area contributed by atoms with E-state index in [1.807, 2.05) is 56.0 Å². The fourth-order valence-electron chi connectivity index (χ4n) is 2.61. The average molecular weight is 299 g/mol. The number of benzene rings is 1. The lowest BCUT2D eigenvalue weighted by molar-refractivity contribution is 0.0790. The highest BCUT2D eigenvalue weighted by Crippen LogP contribution is 2.29. The molecule has 1 amide bonds. The van der Waals surface area contributed by atoms with Gasteiger partial charge in [-0.3, -0.25) is 4.79 Å². The molecule has 1 atom stereocenters. The summed E-state index contributed by atoms with van der Waals surface area (Å²) in [7, 11) is 0. The van der Waals surface area contributed by atoms with E-state index in [4.69, 9.17) is 4.42 Å². The van der Waals surface area contributed by atoms with E-state index in [0.717, 1.165) is 18.5 Å². The van der Waals surface area contributed by atoms with Crippen molar-refractivity contribution in [3.63, 3.8) is 0 Å². The molecule has 5 nitrogen and oxygen atoms in total. The fraction of sp³-hybridized carbons (Fsp3) is 0.471. The fourth-order valence-corrected chi connectivity index (χ4v) is 2.61. The molecule has 1 fully saturated rings. The van der Waals surface area contributed by atoms with Gasteiger partial charge in [0.1, 0.15) is 0 Å². The van der Waals surface area contributed by atoms with Crippen molar-refractivity contribution in [3.05, 3.63) is 47.7 Å². The highest BCUT2D eigenvalue weighted by molar-refractivity contribution is 5.94. The Kier molecular flexibility index (Phi) is 3.72. The summed E-state index contributed by atoms with van der Waals surface area (Å²) >= 11 is 0. The Morgan fingerprint density at radius 2 is 1.95 bits per heavy atom. The number of amides is 1. The third-order valence-corrected chi connectivity index (χ3v) is 3.93. The van der Waals surface area contributed by atoms with Gasteiger partial charge >= 0.3 is 0 Å². The van der Waals surface area contributed by atoms with Gasteiger partial charge in [0.25, 0.3) is 5.91 Å². The first kappa shape index (κ1) is 14.8. The Hall–Kier alpha value is -2.17. The summed E-state index contributed by atoms with van der Waals surface area (Å²) < 4.78 is 5.81. The molecule has 1 aromatic carbocycles. The molecule has 0 aliphatic carbocycles. The molecule has 0 N–H and O–H groups in total. The summed E-state index contributed by atoms with van der Waals surface area (Å²) in [5.41, 5.74) is 0.577. The summed E-state index contributed by atoms with van der Waals surface area (Å²) in [6, 6.07) is 9.37. The molecular formula is C17H21N3O2. The van der Waals surface area contributed by atoms with Crippen LogP contribution in [0.3, 0.4) is 0 Å². The molecule has 1 aromatic heterocycles. The van der Waals surface area contributed by atoms with Crippen LogP contribution < -0.4 is 0 Å². The predicted octanol–water partition coefficient (Wildman–Crippen LogP) is 3.00. The van der Waals surface area contributed by atoms with Crippen molar-refractivity contribution in [2.75, 3.05) is 13.1 Å². The molecule has 22 heavy (non-hydrogen) atoms. The third-order valence-electron chi connectivity index (χ3n) is 3.93. The van der Waals surface area contributed by atoms with Crippen molar-refractivity contribution in [1.82, 2.24) is 15.1 Å².